The number of hydrogen-bond donors (Lipinski definition) is 1. The predicted molar refractivity (Wildman–Crippen MR) is 70.3 cm³/mol. The summed E-state index contributed by atoms with van der Waals surface area (Å²) in [5.41, 5.74) is -0.168. The number of halogens is 1. The molecule has 1 aliphatic carbocycles. The third-order valence-corrected chi connectivity index (χ3v) is 4.08. The van der Waals surface area contributed by atoms with Crippen LogP contribution in [0.5, 0.6) is 0 Å². The van der Waals surface area contributed by atoms with Gasteiger partial charge in [0.25, 0.3) is 0 Å². The largest absolute Gasteiger partial charge is 0.378 e. The van der Waals surface area contributed by atoms with Gasteiger partial charge in [0.2, 0.25) is 5.91 Å². The van der Waals surface area contributed by atoms with Crippen LogP contribution in [-0.4, -0.2) is 31.0 Å². The van der Waals surface area contributed by atoms with Gasteiger partial charge in [-0.25, -0.2) is 0 Å². The van der Waals surface area contributed by atoms with E-state index in [1.807, 2.05) is 0 Å². The summed E-state index contributed by atoms with van der Waals surface area (Å²) in [5.74, 6) is 1.27. The molecular weight excluding hydrogens is 238 g/mol. The van der Waals surface area contributed by atoms with Crippen molar-refractivity contribution in [2.45, 2.75) is 51.0 Å². The summed E-state index contributed by atoms with van der Waals surface area (Å²) < 4.78 is 5.44. The van der Waals surface area contributed by atoms with Crippen LogP contribution in [0.15, 0.2) is 0 Å². The van der Waals surface area contributed by atoms with Crippen molar-refractivity contribution >= 4 is 17.5 Å². The summed E-state index contributed by atoms with van der Waals surface area (Å²) in [6.45, 7) is 2.87. The molecule has 1 saturated carbocycles. The van der Waals surface area contributed by atoms with Gasteiger partial charge in [0.1, 0.15) is 0 Å². The summed E-state index contributed by atoms with van der Waals surface area (Å²) in [6.07, 6.45) is 5.72. The monoisotopic (exact) mass is 261 g/mol. The Hall–Kier alpha value is -0.280. The first-order valence-electron chi connectivity index (χ1n) is 6.53. The molecule has 1 rings (SSSR count). The van der Waals surface area contributed by atoms with Crippen molar-refractivity contribution in [1.29, 1.82) is 0 Å². The van der Waals surface area contributed by atoms with Crippen LogP contribution in [0, 0.1) is 5.92 Å². The number of carbonyl (C=O) groups is 1. The molecule has 1 amide bonds. The maximum Gasteiger partial charge on any atom is 0.222 e. The van der Waals surface area contributed by atoms with Gasteiger partial charge < -0.3 is 10.1 Å². The first kappa shape index (κ1) is 14.8. The highest BCUT2D eigenvalue weighted by atomic mass is 35.5. The molecule has 1 aliphatic rings. The second-order valence-corrected chi connectivity index (χ2v) is 5.35. The van der Waals surface area contributed by atoms with Gasteiger partial charge in [-0.1, -0.05) is 13.3 Å². The van der Waals surface area contributed by atoms with E-state index in [4.69, 9.17) is 16.3 Å². The molecule has 0 radical (unpaired) electrons. The molecule has 0 aromatic rings. The highest BCUT2D eigenvalue weighted by molar-refractivity contribution is 6.17. The molecule has 0 saturated heterocycles. The molecule has 0 heterocycles. The third kappa shape index (κ3) is 4.47. The normalized spacial score (nSPS) is 19.5. The summed E-state index contributed by atoms with van der Waals surface area (Å²) in [7, 11) is 1.70. The number of alkyl halides is 1. The third-order valence-electron chi connectivity index (χ3n) is 3.86. The van der Waals surface area contributed by atoms with Gasteiger partial charge in [0, 0.05) is 19.5 Å². The van der Waals surface area contributed by atoms with E-state index in [2.05, 4.69) is 12.2 Å². The zero-order valence-corrected chi connectivity index (χ0v) is 11.7. The van der Waals surface area contributed by atoms with Gasteiger partial charge in [-0.15, -0.1) is 11.6 Å². The van der Waals surface area contributed by atoms with Crippen molar-refractivity contribution in [1.82, 2.24) is 5.32 Å². The Kier molecular flexibility index (Phi) is 6.28. The van der Waals surface area contributed by atoms with E-state index in [0.29, 0.717) is 18.2 Å². The van der Waals surface area contributed by atoms with E-state index < -0.39 is 0 Å². The van der Waals surface area contributed by atoms with Crippen LogP contribution < -0.4 is 5.32 Å². The molecule has 1 unspecified atom stereocenters. The summed E-state index contributed by atoms with van der Waals surface area (Å²) >= 11 is 5.72. The van der Waals surface area contributed by atoms with Crippen LogP contribution in [0.25, 0.3) is 0 Å². The van der Waals surface area contributed by atoms with Gasteiger partial charge in [-0.05, 0) is 31.6 Å². The zero-order chi connectivity index (χ0) is 12.7. The minimum Gasteiger partial charge on any atom is -0.378 e. The maximum atomic E-state index is 11.8. The van der Waals surface area contributed by atoms with Crippen molar-refractivity contribution in [2.24, 2.45) is 5.92 Å². The molecule has 0 bridgehead atoms. The van der Waals surface area contributed by atoms with E-state index in [9.17, 15) is 4.79 Å². The van der Waals surface area contributed by atoms with Crippen LogP contribution in [0.3, 0.4) is 0 Å². The molecule has 4 heteroatoms. The Morgan fingerprint density at radius 1 is 1.53 bits per heavy atom. The first-order valence-corrected chi connectivity index (χ1v) is 7.07. The summed E-state index contributed by atoms with van der Waals surface area (Å²) in [4.78, 5) is 11.8. The number of methoxy groups -OCH3 is 1. The lowest BCUT2D eigenvalue weighted by atomic mass is 9.77. The van der Waals surface area contributed by atoms with Crippen LogP contribution >= 0.6 is 11.6 Å². The Bertz CT molecular complexity index is 236. The highest BCUT2D eigenvalue weighted by Gasteiger charge is 2.38. The number of nitrogens with one attached hydrogen (secondary N) is 1. The lowest BCUT2D eigenvalue weighted by Crippen LogP contribution is -2.44. The maximum absolute atomic E-state index is 11.8. The molecular formula is C13H24ClNO2. The van der Waals surface area contributed by atoms with Crippen molar-refractivity contribution in [3.63, 3.8) is 0 Å². The molecule has 0 spiro atoms. The van der Waals surface area contributed by atoms with Gasteiger partial charge in [-0.2, -0.15) is 0 Å². The summed E-state index contributed by atoms with van der Waals surface area (Å²) in [5, 5.41) is 3.00. The molecule has 1 atom stereocenters. The number of ether oxygens (including phenoxy) is 1. The Morgan fingerprint density at radius 2 is 2.24 bits per heavy atom. The Morgan fingerprint density at radius 3 is 2.65 bits per heavy atom. The minimum atomic E-state index is -0.168. The fourth-order valence-electron chi connectivity index (χ4n) is 2.24. The standard InChI is InChI=1S/C13H24ClNO2/c1-3-11(5-8-14)10-15-12(16)9-13(17-2)6-4-7-13/h11H,3-10H2,1-2H3,(H,15,16). The molecule has 3 nitrogen and oxygen atoms in total. The van der Waals surface area contributed by atoms with Gasteiger partial charge in [0.15, 0.2) is 0 Å². The highest BCUT2D eigenvalue weighted by Crippen LogP contribution is 2.37. The van der Waals surface area contributed by atoms with E-state index in [1.165, 1.54) is 6.42 Å². The molecule has 1 fully saturated rings. The molecule has 0 aliphatic heterocycles. The topological polar surface area (TPSA) is 38.3 Å². The van der Waals surface area contributed by atoms with Crippen molar-refractivity contribution in [3.8, 4) is 0 Å². The second-order valence-electron chi connectivity index (χ2n) is 4.97. The van der Waals surface area contributed by atoms with Gasteiger partial charge in [-0.3, -0.25) is 4.79 Å². The number of carbonyl (C=O) groups excluding carboxylic acids is 1. The molecule has 100 valence electrons. The molecule has 1 N–H and O–H groups in total. The molecule has 0 aromatic heterocycles. The molecule has 0 aromatic carbocycles. The Balaban J connectivity index is 2.24. The number of rotatable bonds is 8. The zero-order valence-electron chi connectivity index (χ0n) is 10.9. The smallest absolute Gasteiger partial charge is 0.222 e. The number of hydrogen-bond acceptors (Lipinski definition) is 2. The average Bonchev–Trinajstić information content (AvgIpc) is 2.29. The van der Waals surface area contributed by atoms with Crippen LogP contribution in [-0.2, 0) is 9.53 Å². The minimum absolute atomic E-state index is 0.111. The fraction of sp³-hybridized carbons (Fsp3) is 0.923. The van der Waals surface area contributed by atoms with Crippen molar-refractivity contribution in [2.75, 3.05) is 19.5 Å². The fourth-order valence-corrected chi connectivity index (χ4v) is 2.55. The van der Waals surface area contributed by atoms with Crippen molar-refractivity contribution in [3.05, 3.63) is 0 Å². The number of amides is 1. The predicted octanol–water partition coefficient (Wildman–Crippen LogP) is 2.72. The SMILES string of the molecule is CCC(CCCl)CNC(=O)CC1(OC)CCC1. The average molecular weight is 262 g/mol. The van der Waals surface area contributed by atoms with E-state index in [-0.39, 0.29) is 11.5 Å². The van der Waals surface area contributed by atoms with Crippen LogP contribution in [0.1, 0.15) is 45.4 Å². The quantitative estimate of drug-likeness (QED) is 0.683. The molecule has 17 heavy (non-hydrogen) atoms. The first-order chi connectivity index (χ1) is 8.15. The lowest BCUT2D eigenvalue weighted by molar-refractivity contribution is -0.134. The van der Waals surface area contributed by atoms with Crippen LogP contribution in [0.4, 0.5) is 0 Å². The van der Waals surface area contributed by atoms with Crippen molar-refractivity contribution < 1.29 is 9.53 Å². The van der Waals surface area contributed by atoms with Gasteiger partial charge in [0.05, 0.1) is 12.0 Å². The van der Waals surface area contributed by atoms with Crippen LogP contribution in [0.2, 0.25) is 0 Å². The summed E-state index contributed by atoms with van der Waals surface area (Å²) in [6, 6.07) is 0. The second kappa shape index (κ2) is 7.22. The Labute approximate surface area is 109 Å². The van der Waals surface area contributed by atoms with E-state index in [0.717, 1.165) is 32.2 Å². The lowest BCUT2D eigenvalue weighted by Gasteiger charge is -2.40. The van der Waals surface area contributed by atoms with E-state index >= 15 is 0 Å². The van der Waals surface area contributed by atoms with Gasteiger partial charge >= 0.3 is 0 Å². The van der Waals surface area contributed by atoms with E-state index in [1.54, 1.807) is 7.11 Å².